The first-order valence-electron chi connectivity index (χ1n) is 5.97. The van der Waals surface area contributed by atoms with Gasteiger partial charge in [-0.05, 0) is 12.8 Å². The normalized spacial score (nSPS) is 17.7. The van der Waals surface area contributed by atoms with Gasteiger partial charge in [0.05, 0.1) is 17.3 Å². The van der Waals surface area contributed by atoms with Gasteiger partial charge in [-0.25, -0.2) is 4.79 Å². The monoisotopic (exact) mass is 268 g/mol. The van der Waals surface area contributed by atoms with Gasteiger partial charge in [0, 0.05) is 26.0 Å². The van der Waals surface area contributed by atoms with Crippen molar-refractivity contribution in [3.05, 3.63) is 12.4 Å². The number of nitrogens with zero attached hydrogens (tertiary/aromatic N) is 1. The van der Waals surface area contributed by atoms with E-state index in [0.717, 1.165) is 0 Å². The molecule has 2 rings (SSSR count). The molecule has 1 aliphatic rings. The van der Waals surface area contributed by atoms with E-state index in [1.165, 1.54) is 12.4 Å². The molecule has 0 aliphatic carbocycles. The number of aromatic amines is 1. The number of hydrogen-bond acceptors (Lipinski definition) is 4. The van der Waals surface area contributed by atoms with E-state index in [-0.39, 0.29) is 6.54 Å². The van der Waals surface area contributed by atoms with Crippen LogP contribution in [0.15, 0.2) is 12.4 Å². The van der Waals surface area contributed by atoms with Crippen LogP contribution in [0.3, 0.4) is 0 Å². The van der Waals surface area contributed by atoms with Gasteiger partial charge in [0.2, 0.25) is 0 Å². The first-order valence-corrected chi connectivity index (χ1v) is 5.97. The smallest absolute Gasteiger partial charge is 0.319 e. The number of carbonyl (C=O) groups is 2. The second kappa shape index (κ2) is 5.70. The molecule has 1 aromatic heterocycles. The van der Waals surface area contributed by atoms with Gasteiger partial charge in [-0.2, -0.15) is 5.10 Å². The van der Waals surface area contributed by atoms with Crippen molar-refractivity contribution >= 4 is 17.7 Å². The van der Waals surface area contributed by atoms with Crippen LogP contribution < -0.4 is 10.6 Å². The zero-order chi connectivity index (χ0) is 13.7. The summed E-state index contributed by atoms with van der Waals surface area (Å²) in [6.45, 7) is 0.879. The quantitative estimate of drug-likeness (QED) is 0.631. The number of aromatic nitrogens is 2. The Kier molecular flexibility index (Phi) is 4.00. The Morgan fingerprint density at radius 1 is 1.47 bits per heavy atom. The van der Waals surface area contributed by atoms with E-state index in [4.69, 9.17) is 4.74 Å². The molecule has 0 unspecified atom stereocenters. The molecule has 2 heterocycles. The summed E-state index contributed by atoms with van der Waals surface area (Å²) in [6, 6.07) is -0.450. The van der Waals surface area contributed by atoms with Crippen LogP contribution >= 0.6 is 0 Å². The van der Waals surface area contributed by atoms with Gasteiger partial charge in [-0.15, -0.1) is 0 Å². The maximum absolute atomic E-state index is 11.6. The number of rotatable bonds is 4. The van der Waals surface area contributed by atoms with Crippen LogP contribution in [0.2, 0.25) is 0 Å². The molecule has 0 bridgehead atoms. The number of amides is 2. The average Bonchev–Trinajstić information content (AvgIpc) is 2.90. The predicted octanol–water partition coefficient (Wildman–Crippen LogP) is 0.413. The summed E-state index contributed by atoms with van der Waals surface area (Å²) in [6.07, 6.45) is 3.78. The Balaban J connectivity index is 1.88. The molecule has 1 saturated heterocycles. The zero-order valence-electron chi connectivity index (χ0n) is 10.3. The topological polar surface area (TPSA) is 116 Å². The minimum atomic E-state index is -0.939. The van der Waals surface area contributed by atoms with Crippen LogP contribution in [0.25, 0.3) is 0 Å². The number of carboxylic acid groups (broad SMARTS) is 1. The molecule has 8 nitrogen and oxygen atoms in total. The highest BCUT2D eigenvalue weighted by Gasteiger charge is 2.40. The summed E-state index contributed by atoms with van der Waals surface area (Å²) in [7, 11) is 0. The summed E-state index contributed by atoms with van der Waals surface area (Å²) >= 11 is 0. The molecule has 1 fully saturated rings. The number of hydrogen-bond donors (Lipinski definition) is 4. The van der Waals surface area contributed by atoms with E-state index >= 15 is 0 Å². The van der Waals surface area contributed by atoms with E-state index in [9.17, 15) is 14.7 Å². The van der Waals surface area contributed by atoms with E-state index in [2.05, 4.69) is 20.8 Å². The maximum Gasteiger partial charge on any atom is 0.319 e. The number of aliphatic carboxylic acids is 1. The SMILES string of the molecule is O=C(NCC1(C(=O)O)CCOCC1)Nc1cn[nH]c1. The first kappa shape index (κ1) is 13.3. The minimum absolute atomic E-state index is 0.0787. The minimum Gasteiger partial charge on any atom is -0.481 e. The Bertz CT molecular complexity index is 440. The molecule has 1 aliphatic heterocycles. The van der Waals surface area contributed by atoms with Crippen molar-refractivity contribution < 1.29 is 19.4 Å². The number of H-pyrrole nitrogens is 1. The van der Waals surface area contributed by atoms with Crippen LogP contribution in [0.4, 0.5) is 10.5 Å². The Labute approximate surface area is 109 Å². The highest BCUT2D eigenvalue weighted by atomic mass is 16.5. The summed E-state index contributed by atoms with van der Waals surface area (Å²) in [5, 5.41) is 20.7. The lowest BCUT2D eigenvalue weighted by molar-refractivity contribution is -0.154. The molecule has 0 saturated carbocycles. The number of nitrogens with one attached hydrogen (secondary N) is 3. The fraction of sp³-hybridized carbons (Fsp3) is 0.545. The summed E-state index contributed by atoms with van der Waals surface area (Å²) in [4.78, 5) is 23.0. The van der Waals surface area contributed by atoms with Crippen LogP contribution in [0.5, 0.6) is 0 Å². The number of anilines is 1. The fourth-order valence-corrected chi connectivity index (χ4v) is 1.97. The maximum atomic E-state index is 11.6. The third kappa shape index (κ3) is 3.22. The van der Waals surface area contributed by atoms with Crippen molar-refractivity contribution in [2.75, 3.05) is 25.1 Å². The van der Waals surface area contributed by atoms with Crippen molar-refractivity contribution in [2.24, 2.45) is 5.41 Å². The summed E-state index contributed by atoms with van der Waals surface area (Å²) in [5.74, 6) is -0.903. The lowest BCUT2D eigenvalue weighted by Crippen LogP contribution is -2.47. The third-order valence-electron chi connectivity index (χ3n) is 3.25. The van der Waals surface area contributed by atoms with Crippen LogP contribution in [0, 0.1) is 5.41 Å². The van der Waals surface area contributed by atoms with Gasteiger partial charge in [0.15, 0.2) is 0 Å². The van der Waals surface area contributed by atoms with Crippen LogP contribution in [-0.4, -0.2) is 47.1 Å². The van der Waals surface area contributed by atoms with Crippen molar-refractivity contribution in [3.8, 4) is 0 Å². The lowest BCUT2D eigenvalue weighted by Gasteiger charge is -2.33. The molecule has 0 spiro atoms. The van der Waals surface area contributed by atoms with E-state index < -0.39 is 17.4 Å². The molecule has 104 valence electrons. The molecule has 1 aromatic rings. The predicted molar refractivity (Wildman–Crippen MR) is 65.7 cm³/mol. The van der Waals surface area contributed by atoms with Gasteiger partial charge in [0.1, 0.15) is 0 Å². The number of carbonyl (C=O) groups excluding carboxylic acids is 1. The molecular weight excluding hydrogens is 252 g/mol. The highest BCUT2D eigenvalue weighted by Crippen LogP contribution is 2.30. The third-order valence-corrected chi connectivity index (χ3v) is 3.25. The van der Waals surface area contributed by atoms with Crippen LogP contribution in [0.1, 0.15) is 12.8 Å². The molecule has 2 amide bonds. The van der Waals surface area contributed by atoms with Crippen molar-refractivity contribution in [1.82, 2.24) is 15.5 Å². The van der Waals surface area contributed by atoms with E-state index in [1.807, 2.05) is 0 Å². The van der Waals surface area contributed by atoms with Gasteiger partial charge in [-0.1, -0.05) is 0 Å². The highest BCUT2D eigenvalue weighted by molar-refractivity contribution is 5.89. The van der Waals surface area contributed by atoms with Gasteiger partial charge in [0.25, 0.3) is 0 Å². The molecule has 19 heavy (non-hydrogen) atoms. The van der Waals surface area contributed by atoms with Gasteiger partial charge < -0.3 is 20.5 Å². The standard InChI is InChI=1S/C11H16N4O4/c16-9(17)11(1-3-19-4-2-11)7-12-10(18)15-8-5-13-14-6-8/h5-6H,1-4,7H2,(H,13,14)(H,16,17)(H2,12,15,18). The zero-order valence-corrected chi connectivity index (χ0v) is 10.3. The second-order valence-electron chi connectivity index (χ2n) is 4.49. The summed E-state index contributed by atoms with van der Waals surface area (Å²) in [5.41, 5.74) is -0.416. The fourth-order valence-electron chi connectivity index (χ4n) is 1.97. The molecule has 0 atom stereocenters. The Morgan fingerprint density at radius 3 is 2.79 bits per heavy atom. The molecule has 0 radical (unpaired) electrons. The van der Waals surface area contributed by atoms with Crippen molar-refractivity contribution in [1.29, 1.82) is 0 Å². The molecule has 8 heteroatoms. The molecule has 4 N–H and O–H groups in total. The van der Waals surface area contributed by atoms with Gasteiger partial charge >= 0.3 is 12.0 Å². The van der Waals surface area contributed by atoms with E-state index in [0.29, 0.717) is 31.7 Å². The van der Waals surface area contributed by atoms with Crippen LogP contribution in [-0.2, 0) is 9.53 Å². The second-order valence-corrected chi connectivity index (χ2v) is 4.49. The summed E-state index contributed by atoms with van der Waals surface area (Å²) < 4.78 is 5.16. The van der Waals surface area contributed by atoms with Crippen molar-refractivity contribution in [2.45, 2.75) is 12.8 Å². The average molecular weight is 268 g/mol. The molecular formula is C11H16N4O4. The molecule has 0 aromatic carbocycles. The Morgan fingerprint density at radius 2 is 2.21 bits per heavy atom. The number of carboxylic acids is 1. The first-order chi connectivity index (χ1) is 9.12. The Hall–Kier alpha value is -2.09. The number of urea groups is 1. The number of ether oxygens (including phenoxy) is 1. The van der Waals surface area contributed by atoms with E-state index in [1.54, 1.807) is 0 Å². The largest absolute Gasteiger partial charge is 0.481 e. The van der Waals surface area contributed by atoms with Gasteiger partial charge in [-0.3, -0.25) is 9.89 Å². The van der Waals surface area contributed by atoms with Crippen molar-refractivity contribution in [3.63, 3.8) is 0 Å². The lowest BCUT2D eigenvalue weighted by atomic mass is 9.80.